The lowest BCUT2D eigenvalue weighted by atomic mass is 10.1. The molecule has 2 rings (SSSR count). The first-order chi connectivity index (χ1) is 9.04. The molecule has 6 heteroatoms. The number of hydrogen-bond donors (Lipinski definition) is 1. The number of nitrogens with zero attached hydrogens (tertiary/aromatic N) is 2. The Kier molecular flexibility index (Phi) is 3.90. The average Bonchev–Trinajstić information content (AvgIpc) is 2.80. The average molecular weight is 265 g/mol. The number of furan rings is 1. The largest absolute Gasteiger partial charge is 0.458 e. The fraction of sp³-hybridized carbons (Fsp3) is 0.538. The van der Waals surface area contributed by atoms with Crippen LogP contribution in [0, 0.1) is 6.92 Å². The zero-order chi connectivity index (χ0) is 14.0. The molecule has 1 fully saturated rings. The minimum atomic E-state index is -0.623. The Morgan fingerprint density at radius 2 is 1.95 bits per heavy atom. The summed E-state index contributed by atoms with van der Waals surface area (Å²) in [4.78, 5) is 27.7. The van der Waals surface area contributed by atoms with Gasteiger partial charge in [-0.05, 0) is 13.5 Å². The fourth-order valence-electron chi connectivity index (χ4n) is 2.32. The lowest BCUT2D eigenvalue weighted by Gasteiger charge is -2.33. The van der Waals surface area contributed by atoms with E-state index in [1.54, 1.807) is 11.8 Å². The van der Waals surface area contributed by atoms with E-state index in [0.29, 0.717) is 18.7 Å². The van der Waals surface area contributed by atoms with E-state index in [0.717, 1.165) is 19.6 Å². The molecule has 2 heterocycles. The predicted molar refractivity (Wildman–Crippen MR) is 70.0 cm³/mol. The van der Waals surface area contributed by atoms with E-state index in [2.05, 4.69) is 11.8 Å². The summed E-state index contributed by atoms with van der Waals surface area (Å²) >= 11 is 0. The van der Waals surface area contributed by atoms with Gasteiger partial charge in [-0.3, -0.25) is 9.59 Å². The van der Waals surface area contributed by atoms with Crippen molar-refractivity contribution in [2.24, 2.45) is 5.73 Å². The van der Waals surface area contributed by atoms with E-state index in [-0.39, 0.29) is 17.2 Å². The third-order valence-electron chi connectivity index (χ3n) is 3.52. The summed E-state index contributed by atoms with van der Waals surface area (Å²) in [6.45, 7) is 7.75. The molecule has 0 aromatic carbocycles. The van der Waals surface area contributed by atoms with Crippen molar-refractivity contribution in [1.82, 2.24) is 9.80 Å². The van der Waals surface area contributed by atoms with Crippen molar-refractivity contribution in [3.63, 3.8) is 0 Å². The van der Waals surface area contributed by atoms with Crippen molar-refractivity contribution < 1.29 is 14.0 Å². The molecule has 1 saturated heterocycles. The molecule has 0 aliphatic carbocycles. The number of piperazine rings is 1. The monoisotopic (exact) mass is 265 g/mol. The molecule has 2 N–H and O–H groups in total. The molecule has 0 atom stereocenters. The Balaban J connectivity index is 2.15. The number of rotatable bonds is 3. The highest BCUT2D eigenvalue weighted by atomic mass is 16.3. The second-order valence-electron chi connectivity index (χ2n) is 4.71. The van der Waals surface area contributed by atoms with Gasteiger partial charge < -0.3 is 20.0 Å². The van der Waals surface area contributed by atoms with Gasteiger partial charge in [-0.15, -0.1) is 0 Å². The fourth-order valence-corrected chi connectivity index (χ4v) is 2.32. The quantitative estimate of drug-likeness (QED) is 0.861. The standard InChI is InChI=1S/C13H19N3O3/c1-3-15-4-6-16(7-5-15)13(18)11-10(12(14)17)9(2)8-19-11/h8H,3-7H2,1-2H3,(H2,14,17). The van der Waals surface area contributed by atoms with E-state index in [4.69, 9.17) is 10.2 Å². The van der Waals surface area contributed by atoms with Crippen LogP contribution in [-0.4, -0.2) is 54.3 Å². The summed E-state index contributed by atoms with van der Waals surface area (Å²) in [5.74, 6) is -0.811. The van der Waals surface area contributed by atoms with Gasteiger partial charge in [-0.2, -0.15) is 0 Å². The summed E-state index contributed by atoms with van der Waals surface area (Å²) < 4.78 is 5.22. The first-order valence-electron chi connectivity index (χ1n) is 6.44. The van der Waals surface area contributed by atoms with Crippen molar-refractivity contribution in [3.05, 3.63) is 23.2 Å². The highest BCUT2D eigenvalue weighted by molar-refractivity contribution is 6.05. The second-order valence-corrected chi connectivity index (χ2v) is 4.71. The Morgan fingerprint density at radius 3 is 2.47 bits per heavy atom. The minimum Gasteiger partial charge on any atom is -0.458 e. The van der Waals surface area contributed by atoms with Gasteiger partial charge in [0.05, 0.1) is 11.8 Å². The maximum Gasteiger partial charge on any atom is 0.290 e. The van der Waals surface area contributed by atoms with Gasteiger partial charge in [-0.25, -0.2) is 0 Å². The molecule has 0 saturated carbocycles. The maximum absolute atomic E-state index is 12.3. The summed E-state index contributed by atoms with van der Waals surface area (Å²) in [6, 6.07) is 0. The Bertz CT molecular complexity index is 487. The highest BCUT2D eigenvalue weighted by Crippen LogP contribution is 2.18. The molecular weight excluding hydrogens is 246 g/mol. The topological polar surface area (TPSA) is 79.8 Å². The van der Waals surface area contributed by atoms with Gasteiger partial charge >= 0.3 is 0 Å². The molecule has 19 heavy (non-hydrogen) atoms. The lowest BCUT2D eigenvalue weighted by Crippen LogP contribution is -2.48. The Hall–Kier alpha value is -1.82. The number of nitrogens with two attached hydrogens (primary N) is 1. The first-order valence-corrected chi connectivity index (χ1v) is 6.44. The third-order valence-corrected chi connectivity index (χ3v) is 3.52. The number of primary amides is 1. The van der Waals surface area contributed by atoms with Crippen molar-refractivity contribution in [2.45, 2.75) is 13.8 Å². The predicted octanol–water partition coefficient (Wildman–Crippen LogP) is 0.465. The van der Waals surface area contributed by atoms with Crippen LogP contribution in [0.2, 0.25) is 0 Å². The summed E-state index contributed by atoms with van der Waals surface area (Å²) in [7, 11) is 0. The van der Waals surface area contributed by atoms with Crippen LogP contribution >= 0.6 is 0 Å². The normalized spacial score (nSPS) is 16.6. The van der Waals surface area contributed by atoms with Crippen LogP contribution in [0.25, 0.3) is 0 Å². The van der Waals surface area contributed by atoms with Gasteiger partial charge in [0.2, 0.25) is 5.76 Å². The number of carbonyl (C=O) groups excluding carboxylic acids is 2. The molecule has 1 aliphatic rings. The van der Waals surface area contributed by atoms with Crippen LogP contribution in [0.3, 0.4) is 0 Å². The maximum atomic E-state index is 12.3. The van der Waals surface area contributed by atoms with Crippen LogP contribution in [0.4, 0.5) is 0 Å². The number of aryl methyl sites for hydroxylation is 1. The van der Waals surface area contributed by atoms with Crippen molar-refractivity contribution in [1.29, 1.82) is 0 Å². The van der Waals surface area contributed by atoms with E-state index < -0.39 is 5.91 Å². The summed E-state index contributed by atoms with van der Waals surface area (Å²) in [5, 5.41) is 0. The number of hydrogen-bond acceptors (Lipinski definition) is 4. The Labute approximate surface area is 112 Å². The van der Waals surface area contributed by atoms with Crippen molar-refractivity contribution in [2.75, 3.05) is 32.7 Å². The molecule has 0 unspecified atom stereocenters. The molecule has 104 valence electrons. The number of amides is 2. The molecule has 2 amide bonds. The zero-order valence-electron chi connectivity index (χ0n) is 11.3. The minimum absolute atomic E-state index is 0.0648. The van der Waals surface area contributed by atoms with Gasteiger partial charge in [0.15, 0.2) is 0 Å². The van der Waals surface area contributed by atoms with Gasteiger partial charge in [-0.1, -0.05) is 6.92 Å². The van der Waals surface area contributed by atoms with E-state index in [1.807, 2.05) is 0 Å². The van der Waals surface area contributed by atoms with Crippen molar-refractivity contribution in [3.8, 4) is 0 Å². The van der Waals surface area contributed by atoms with Crippen LogP contribution in [0.1, 0.15) is 33.4 Å². The van der Waals surface area contributed by atoms with Gasteiger partial charge in [0.1, 0.15) is 0 Å². The third kappa shape index (κ3) is 2.63. The van der Waals surface area contributed by atoms with Gasteiger partial charge in [0, 0.05) is 31.7 Å². The van der Waals surface area contributed by atoms with Gasteiger partial charge in [0.25, 0.3) is 11.8 Å². The molecule has 1 aliphatic heterocycles. The molecule has 1 aromatic heterocycles. The van der Waals surface area contributed by atoms with E-state index in [1.165, 1.54) is 6.26 Å². The number of carbonyl (C=O) groups is 2. The molecule has 0 spiro atoms. The smallest absolute Gasteiger partial charge is 0.290 e. The number of likely N-dealkylation sites (N-methyl/N-ethyl adjacent to an activating group) is 1. The van der Waals surface area contributed by atoms with Crippen LogP contribution < -0.4 is 5.73 Å². The lowest BCUT2D eigenvalue weighted by molar-refractivity contribution is 0.0608. The molecule has 0 bridgehead atoms. The summed E-state index contributed by atoms with van der Waals surface area (Å²) in [5.41, 5.74) is 6.09. The van der Waals surface area contributed by atoms with E-state index in [9.17, 15) is 9.59 Å². The molecule has 6 nitrogen and oxygen atoms in total. The molecule has 0 radical (unpaired) electrons. The van der Waals surface area contributed by atoms with Crippen LogP contribution in [0.5, 0.6) is 0 Å². The molecular formula is C13H19N3O3. The SMILES string of the molecule is CCN1CCN(C(=O)c2occ(C)c2C(N)=O)CC1. The van der Waals surface area contributed by atoms with Crippen LogP contribution in [0.15, 0.2) is 10.7 Å². The molecule has 1 aromatic rings. The summed E-state index contributed by atoms with van der Waals surface area (Å²) in [6.07, 6.45) is 1.40. The second kappa shape index (κ2) is 5.44. The highest BCUT2D eigenvalue weighted by Gasteiger charge is 2.28. The first kappa shape index (κ1) is 13.6. The van der Waals surface area contributed by atoms with Crippen molar-refractivity contribution >= 4 is 11.8 Å². The van der Waals surface area contributed by atoms with E-state index >= 15 is 0 Å². The zero-order valence-corrected chi connectivity index (χ0v) is 11.3. The Morgan fingerprint density at radius 1 is 1.32 bits per heavy atom. The van der Waals surface area contributed by atoms with Crippen LogP contribution in [-0.2, 0) is 0 Å².